The standard InChI is InChI=1S/C26H26N6O6/c1-36-17-6-3-7-18(37-2)22(17)32-19(11-10-15-8-9-15)29-24(34)21(26(32)35)25-31-30-20(38-25)14-28-23(33)16-5-4-12-27-13-16/h3-7,12-13,15,34H,8-11,14H2,1-2H3,(H,28,33). The van der Waals surface area contributed by atoms with Crippen molar-refractivity contribution in [3.8, 4) is 34.5 Å². The fourth-order valence-corrected chi connectivity index (χ4v) is 4.11. The van der Waals surface area contributed by atoms with Crippen LogP contribution in [-0.4, -0.2) is 50.0 Å². The smallest absolute Gasteiger partial charge is 0.275 e. The van der Waals surface area contributed by atoms with Crippen LogP contribution < -0.4 is 20.3 Å². The molecule has 0 saturated heterocycles. The number of methoxy groups -OCH3 is 2. The summed E-state index contributed by atoms with van der Waals surface area (Å²) < 4.78 is 18.1. The molecule has 3 heterocycles. The van der Waals surface area contributed by atoms with Gasteiger partial charge in [-0.05, 0) is 36.6 Å². The first kappa shape index (κ1) is 24.9. The summed E-state index contributed by atoms with van der Waals surface area (Å²) in [6.07, 6.45) is 6.54. The van der Waals surface area contributed by atoms with Gasteiger partial charge in [-0.2, -0.15) is 4.98 Å². The molecule has 0 atom stereocenters. The minimum absolute atomic E-state index is 0.0373. The van der Waals surface area contributed by atoms with Gasteiger partial charge < -0.3 is 24.3 Å². The number of pyridine rings is 1. The molecule has 196 valence electrons. The average molecular weight is 519 g/mol. The van der Waals surface area contributed by atoms with E-state index in [0.717, 1.165) is 19.3 Å². The summed E-state index contributed by atoms with van der Waals surface area (Å²) >= 11 is 0. The number of rotatable bonds is 10. The quantitative estimate of drug-likeness (QED) is 0.320. The number of ether oxygens (including phenoxy) is 2. The van der Waals surface area contributed by atoms with Crippen LogP contribution in [0.1, 0.15) is 41.3 Å². The second kappa shape index (κ2) is 10.7. The molecule has 1 fully saturated rings. The zero-order valence-corrected chi connectivity index (χ0v) is 20.9. The topological polar surface area (TPSA) is 154 Å². The minimum atomic E-state index is -0.624. The highest BCUT2D eigenvalue weighted by Crippen LogP contribution is 2.36. The van der Waals surface area contributed by atoms with Crippen molar-refractivity contribution in [3.63, 3.8) is 0 Å². The zero-order chi connectivity index (χ0) is 26.6. The normalized spacial score (nSPS) is 12.8. The molecule has 0 unspecified atom stereocenters. The van der Waals surface area contributed by atoms with Crippen LogP contribution in [0.25, 0.3) is 17.1 Å². The van der Waals surface area contributed by atoms with E-state index in [1.165, 1.54) is 25.0 Å². The highest BCUT2D eigenvalue weighted by atomic mass is 16.5. The Labute approximate surface area is 217 Å². The van der Waals surface area contributed by atoms with Gasteiger partial charge in [0, 0.05) is 18.8 Å². The third-order valence-electron chi connectivity index (χ3n) is 6.24. The lowest BCUT2D eigenvalue weighted by Crippen LogP contribution is -2.26. The Balaban J connectivity index is 1.53. The van der Waals surface area contributed by atoms with Crippen molar-refractivity contribution >= 4 is 5.91 Å². The van der Waals surface area contributed by atoms with Crippen molar-refractivity contribution < 1.29 is 23.8 Å². The number of aromatic nitrogens is 5. The Morgan fingerprint density at radius 1 is 1.16 bits per heavy atom. The van der Waals surface area contributed by atoms with Gasteiger partial charge in [-0.3, -0.25) is 19.1 Å². The molecule has 12 heteroatoms. The summed E-state index contributed by atoms with van der Waals surface area (Å²) in [5.41, 5.74) is -0.179. The molecule has 38 heavy (non-hydrogen) atoms. The molecule has 1 aromatic carbocycles. The first-order chi connectivity index (χ1) is 18.5. The fourth-order valence-electron chi connectivity index (χ4n) is 4.11. The number of nitrogens with zero attached hydrogens (tertiary/aromatic N) is 5. The predicted octanol–water partition coefficient (Wildman–Crippen LogP) is 2.67. The van der Waals surface area contributed by atoms with Gasteiger partial charge in [0.25, 0.3) is 17.4 Å². The fraction of sp³-hybridized carbons (Fsp3) is 0.308. The number of amides is 1. The van der Waals surface area contributed by atoms with E-state index in [1.807, 2.05) is 0 Å². The van der Waals surface area contributed by atoms with Gasteiger partial charge in [0.15, 0.2) is 5.56 Å². The second-order valence-electron chi connectivity index (χ2n) is 8.79. The van der Waals surface area contributed by atoms with Gasteiger partial charge in [0.05, 0.1) is 26.3 Å². The van der Waals surface area contributed by atoms with Crippen LogP contribution in [0.4, 0.5) is 0 Å². The molecule has 3 aromatic heterocycles. The van der Waals surface area contributed by atoms with Crippen molar-refractivity contribution in [2.75, 3.05) is 14.2 Å². The highest BCUT2D eigenvalue weighted by molar-refractivity contribution is 5.93. The van der Waals surface area contributed by atoms with E-state index >= 15 is 0 Å². The second-order valence-corrected chi connectivity index (χ2v) is 8.79. The molecule has 4 aromatic rings. The largest absolute Gasteiger partial charge is 0.494 e. The monoisotopic (exact) mass is 518 g/mol. The number of aryl methyl sites for hydroxylation is 1. The molecule has 2 N–H and O–H groups in total. The van der Waals surface area contributed by atoms with Crippen LogP contribution >= 0.6 is 0 Å². The molecule has 1 amide bonds. The Hall–Kier alpha value is -4.74. The number of carbonyl (C=O) groups excluding carboxylic acids is 1. The van der Waals surface area contributed by atoms with E-state index in [-0.39, 0.29) is 29.8 Å². The van der Waals surface area contributed by atoms with Gasteiger partial charge in [0.1, 0.15) is 23.0 Å². The molecule has 0 aliphatic heterocycles. The van der Waals surface area contributed by atoms with Crippen LogP contribution in [-0.2, 0) is 13.0 Å². The molecule has 1 aliphatic carbocycles. The SMILES string of the molecule is COc1cccc(OC)c1-n1c(CCC2CC2)nc(O)c(-c2nnc(CNC(=O)c3cccnc3)o2)c1=O. The maximum absolute atomic E-state index is 13.9. The van der Waals surface area contributed by atoms with Crippen LogP contribution in [0, 0.1) is 5.92 Å². The average Bonchev–Trinajstić information content (AvgIpc) is 3.66. The summed E-state index contributed by atoms with van der Waals surface area (Å²) in [6, 6.07) is 8.42. The predicted molar refractivity (Wildman–Crippen MR) is 134 cm³/mol. The number of hydrogen-bond acceptors (Lipinski definition) is 10. The molecular weight excluding hydrogens is 492 g/mol. The molecule has 0 bridgehead atoms. The summed E-state index contributed by atoms with van der Waals surface area (Å²) in [7, 11) is 2.98. The molecule has 1 aliphatic rings. The van der Waals surface area contributed by atoms with E-state index in [9.17, 15) is 14.7 Å². The molecule has 1 saturated carbocycles. The number of hydrogen-bond donors (Lipinski definition) is 2. The van der Waals surface area contributed by atoms with Gasteiger partial charge in [-0.25, -0.2) is 0 Å². The third kappa shape index (κ3) is 5.05. The van der Waals surface area contributed by atoms with Gasteiger partial charge in [0.2, 0.25) is 11.8 Å². The van der Waals surface area contributed by atoms with Crippen LogP contribution in [0.15, 0.2) is 51.9 Å². The van der Waals surface area contributed by atoms with Crippen molar-refractivity contribution in [1.29, 1.82) is 0 Å². The molecule has 0 spiro atoms. The van der Waals surface area contributed by atoms with E-state index in [4.69, 9.17) is 13.9 Å². The Bertz CT molecular complexity index is 1490. The third-order valence-corrected chi connectivity index (χ3v) is 6.24. The van der Waals surface area contributed by atoms with Crippen molar-refractivity contribution in [1.82, 2.24) is 30.0 Å². The van der Waals surface area contributed by atoms with Crippen molar-refractivity contribution in [3.05, 3.63) is 70.4 Å². The van der Waals surface area contributed by atoms with Crippen LogP contribution in [0.5, 0.6) is 17.4 Å². The minimum Gasteiger partial charge on any atom is -0.494 e. The molecular formula is C26H26N6O6. The summed E-state index contributed by atoms with van der Waals surface area (Å²) in [5, 5.41) is 21.3. The van der Waals surface area contributed by atoms with E-state index in [1.54, 1.807) is 36.5 Å². The summed E-state index contributed by atoms with van der Waals surface area (Å²) in [4.78, 5) is 34.5. The summed E-state index contributed by atoms with van der Waals surface area (Å²) in [6.45, 7) is -0.0943. The Kier molecular flexibility index (Phi) is 7.03. The summed E-state index contributed by atoms with van der Waals surface area (Å²) in [5.74, 6) is 0.603. The lowest BCUT2D eigenvalue weighted by molar-refractivity contribution is 0.0947. The maximum atomic E-state index is 13.9. The van der Waals surface area contributed by atoms with E-state index in [2.05, 4.69) is 25.5 Å². The molecule has 0 radical (unpaired) electrons. The van der Waals surface area contributed by atoms with Gasteiger partial charge >= 0.3 is 0 Å². The van der Waals surface area contributed by atoms with Crippen molar-refractivity contribution in [2.45, 2.75) is 32.2 Å². The van der Waals surface area contributed by atoms with Crippen LogP contribution in [0.3, 0.4) is 0 Å². The zero-order valence-electron chi connectivity index (χ0n) is 20.9. The Morgan fingerprint density at radius 2 is 1.92 bits per heavy atom. The highest BCUT2D eigenvalue weighted by Gasteiger charge is 2.28. The van der Waals surface area contributed by atoms with Gasteiger partial charge in [-0.15, -0.1) is 10.2 Å². The van der Waals surface area contributed by atoms with Crippen molar-refractivity contribution in [2.24, 2.45) is 5.92 Å². The first-order valence-electron chi connectivity index (χ1n) is 12.1. The molecule has 12 nitrogen and oxygen atoms in total. The number of carbonyl (C=O) groups is 1. The number of aromatic hydroxyl groups is 1. The lowest BCUT2D eigenvalue weighted by Gasteiger charge is -2.18. The van der Waals surface area contributed by atoms with Gasteiger partial charge in [-0.1, -0.05) is 18.9 Å². The lowest BCUT2D eigenvalue weighted by atomic mass is 10.1. The number of benzene rings is 1. The van der Waals surface area contributed by atoms with Crippen LogP contribution in [0.2, 0.25) is 0 Å². The Morgan fingerprint density at radius 3 is 2.58 bits per heavy atom. The molecule has 5 rings (SSSR count). The van der Waals surface area contributed by atoms with E-state index in [0.29, 0.717) is 40.9 Å². The first-order valence-corrected chi connectivity index (χ1v) is 12.1. The van der Waals surface area contributed by atoms with E-state index < -0.39 is 11.4 Å². The maximum Gasteiger partial charge on any atom is 0.275 e. The number of para-hydroxylation sites is 1. The number of nitrogens with one attached hydrogen (secondary N) is 1.